The standard InChI is InChI=1S/C14H18O5/c1-9(2)8-19-11-5-3-10(4-6-11)12(14(17)18)7-13(15)16/h3-6,9,12H,7-8H2,1-2H3,(H,15,16)(H,17,18)/t12-/m0/s1. The highest BCUT2D eigenvalue weighted by Crippen LogP contribution is 2.23. The topological polar surface area (TPSA) is 83.8 Å². The molecule has 0 aromatic heterocycles. The molecule has 104 valence electrons. The molecule has 0 aliphatic rings. The molecule has 0 spiro atoms. The van der Waals surface area contributed by atoms with E-state index in [1.165, 1.54) is 0 Å². The van der Waals surface area contributed by atoms with E-state index < -0.39 is 24.3 Å². The Labute approximate surface area is 111 Å². The molecule has 1 aromatic carbocycles. The molecule has 5 nitrogen and oxygen atoms in total. The second-order valence-electron chi connectivity index (χ2n) is 4.76. The summed E-state index contributed by atoms with van der Waals surface area (Å²) < 4.78 is 5.48. The molecule has 1 rings (SSSR count). The van der Waals surface area contributed by atoms with Gasteiger partial charge in [-0.25, -0.2) is 0 Å². The first-order valence-corrected chi connectivity index (χ1v) is 6.07. The summed E-state index contributed by atoms with van der Waals surface area (Å²) in [4.78, 5) is 21.7. The molecule has 0 fully saturated rings. The Morgan fingerprint density at radius 3 is 2.16 bits per heavy atom. The monoisotopic (exact) mass is 266 g/mol. The molecule has 0 saturated heterocycles. The molecular formula is C14H18O5. The SMILES string of the molecule is CC(C)COc1ccc([C@H](CC(=O)O)C(=O)O)cc1. The van der Waals surface area contributed by atoms with E-state index in [0.717, 1.165) is 0 Å². The average Bonchev–Trinajstić information content (AvgIpc) is 2.33. The fourth-order valence-corrected chi connectivity index (χ4v) is 1.58. The number of rotatable bonds is 7. The van der Waals surface area contributed by atoms with Crippen LogP contribution in [0, 0.1) is 5.92 Å². The fourth-order valence-electron chi connectivity index (χ4n) is 1.58. The average molecular weight is 266 g/mol. The molecule has 0 aliphatic carbocycles. The number of aliphatic carboxylic acids is 2. The molecule has 0 unspecified atom stereocenters. The van der Waals surface area contributed by atoms with E-state index in [9.17, 15) is 9.59 Å². The van der Waals surface area contributed by atoms with Gasteiger partial charge in [-0.15, -0.1) is 0 Å². The Morgan fingerprint density at radius 1 is 1.16 bits per heavy atom. The van der Waals surface area contributed by atoms with Crippen LogP contribution in [0.2, 0.25) is 0 Å². The van der Waals surface area contributed by atoms with Crippen molar-refractivity contribution in [1.82, 2.24) is 0 Å². The summed E-state index contributed by atoms with van der Waals surface area (Å²) in [5, 5.41) is 17.7. The number of hydrogen-bond donors (Lipinski definition) is 2. The number of carbonyl (C=O) groups is 2. The molecule has 0 radical (unpaired) electrons. The second kappa shape index (κ2) is 6.78. The lowest BCUT2D eigenvalue weighted by Crippen LogP contribution is -2.15. The first kappa shape index (κ1) is 15.0. The van der Waals surface area contributed by atoms with Crippen LogP contribution in [0.3, 0.4) is 0 Å². The van der Waals surface area contributed by atoms with Crippen LogP contribution in [0.1, 0.15) is 31.7 Å². The minimum absolute atomic E-state index is 0.401. The Morgan fingerprint density at radius 2 is 1.74 bits per heavy atom. The predicted octanol–water partition coefficient (Wildman–Crippen LogP) is 2.36. The van der Waals surface area contributed by atoms with Gasteiger partial charge in [0.15, 0.2) is 0 Å². The van der Waals surface area contributed by atoms with Gasteiger partial charge < -0.3 is 14.9 Å². The lowest BCUT2D eigenvalue weighted by molar-refractivity contribution is -0.145. The van der Waals surface area contributed by atoms with Gasteiger partial charge in [0, 0.05) is 0 Å². The first-order valence-electron chi connectivity index (χ1n) is 6.07. The van der Waals surface area contributed by atoms with Crippen molar-refractivity contribution in [1.29, 1.82) is 0 Å². The molecule has 19 heavy (non-hydrogen) atoms. The van der Waals surface area contributed by atoms with Crippen LogP contribution in [0.15, 0.2) is 24.3 Å². The predicted molar refractivity (Wildman–Crippen MR) is 69.4 cm³/mol. The molecule has 0 amide bonds. The van der Waals surface area contributed by atoms with Gasteiger partial charge in [-0.3, -0.25) is 9.59 Å². The minimum Gasteiger partial charge on any atom is -0.493 e. The third-order valence-electron chi connectivity index (χ3n) is 2.54. The van der Waals surface area contributed by atoms with Crippen molar-refractivity contribution in [3.8, 4) is 5.75 Å². The molecule has 0 heterocycles. The van der Waals surface area contributed by atoms with Crippen molar-refractivity contribution in [3.05, 3.63) is 29.8 Å². The van der Waals surface area contributed by atoms with Crippen molar-refractivity contribution < 1.29 is 24.5 Å². The van der Waals surface area contributed by atoms with Crippen LogP contribution in [0.5, 0.6) is 5.75 Å². The fraction of sp³-hybridized carbons (Fsp3) is 0.429. The summed E-state index contributed by atoms with van der Waals surface area (Å²) >= 11 is 0. The molecule has 5 heteroatoms. The highest BCUT2D eigenvalue weighted by molar-refractivity contribution is 5.82. The van der Waals surface area contributed by atoms with E-state index in [1.807, 2.05) is 13.8 Å². The molecule has 1 aromatic rings. The van der Waals surface area contributed by atoms with E-state index in [4.69, 9.17) is 14.9 Å². The van der Waals surface area contributed by atoms with Crippen LogP contribution < -0.4 is 4.74 Å². The van der Waals surface area contributed by atoms with Gasteiger partial charge in [0.05, 0.1) is 18.9 Å². The number of carboxylic acid groups (broad SMARTS) is 2. The van der Waals surface area contributed by atoms with Crippen LogP contribution >= 0.6 is 0 Å². The second-order valence-corrected chi connectivity index (χ2v) is 4.76. The maximum atomic E-state index is 11.0. The van der Waals surface area contributed by atoms with E-state index in [-0.39, 0.29) is 0 Å². The first-order chi connectivity index (χ1) is 8.90. The number of benzene rings is 1. The van der Waals surface area contributed by atoms with E-state index in [1.54, 1.807) is 24.3 Å². The number of hydrogen-bond acceptors (Lipinski definition) is 3. The Hall–Kier alpha value is -2.04. The Balaban J connectivity index is 2.77. The smallest absolute Gasteiger partial charge is 0.311 e. The molecule has 0 saturated carbocycles. The lowest BCUT2D eigenvalue weighted by atomic mass is 9.96. The normalized spacial score (nSPS) is 12.2. The number of carboxylic acids is 2. The Bertz CT molecular complexity index is 436. The lowest BCUT2D eigenvalue weighted by Gasteiger charge is -2.12. The zero-order valence-electron chi connectivity index (χ0n) is 11.0. The van der Waals surface area contributed by atoms with Crippen molar-refractivity contribution in [3.63, 3.8) is 0 Å². The van der Waals surface area contributed by atoms with Crippen LogP contribution in [-0.4, -0.2) is 28.8 Å². The van der Waals surface area contributed by atoms with Gasteiger partial charge in [0.2, 0.25) is 0 Å². The van der Waals surface area contributed by atoms with E-state index in [2.05, 4.69) is 0 Å². The summed E-state index contributed by atoms with van der Waals surface area (Å²) in [7, 11) is 0. The van der Waals surface area contributed by atoms with Gasteiger partial charge in [0.25, 0.3) is 0 Å². The molecule has 0 aliphatic heterocycles. The van der Waals surface area contributed by atoms with Gasteiger partial charge in [-0.2, -0.15) is 0 Å². The molecule has 0 bridgehead atoms. The maximum absolute atomic E-state index is 11.0. The highest BCUT2D eigenvalue weighted by atomic mass is 16.5. The molecule has 2 N–H and O–H groups in total. The molecular weight excluding hydrogens is 248 g/mol. The number of ether oxygens (including phenoxy) is 1. The van der Waals surface area contributed by atoms with Gasteiger partial charge >= 0.3 is 11.9 Å². The summed E-state index contributed by atoms with van der Waals surface area (Å²) in [6.07, 6.45) is -0.429. The quantitative estimate of drug-likeness (QED) is 0.791. The third-order valence-corrected chi connectivity index (χ3v) is 2.54. The third kappa shape index (κ3) is 4.99. The maximum Gasteiger partial charge on any atom is 0.311 e. The summed E-state index contributed by atoms with van der Waals surface area (Å²) in [6.45, 7) is 4.64. The van der Waals surface area contributed by atoms with Crippen LogP contribution in [0.4, 0.5) is 0 Å². The van der Waals surface area contributed by atoms with Crippen molar-refractivity contribution in [2.75, 3.05) is 6.61 Å². The highest BCUT2D eigenvalue weighted by Gasteiger charge is 2.22. The zero-order valence-corrected chi connectivity index (χ0v) is 11.0. The van der Waals surface area contributed by atoms with Crippen molar-refractivity contribution in [2.45, 2.75) is 26.2 Å². The van der Waals surface area contributed by atoms with E-state index >= 15 is 0 Å². The van der Waals surface area contributed by atoms with Gasteiger partial charge in [0.1, 0.15) is 5.75 Å². The summed E-state index contributed by atoms with van der Waals surface area (Å²) in [5.74, 6) is -2.25. The largest absolute Gasteiger partial charge is 0.493 e. The van der Waals surface area contributed by atoms with Gasteiger partial charge in [-0.05, 0) is 23.6 Å². The van der Waals surface area contributed by atoms with Crippen molar-refractivity contribution in [2.24, 2.45) is 5.92 Å². The van der Waals surface area contributed by atoms with E-state index in [0.29, 0.717) is 23.8 Å². The summed E-state index contributed by atoms with van der Waals surface area (Å²) in [6, 6.07) is 6.51. The van der Waals surface area contributed by atoms with Gasteiger partial charge in [-0.1, -0.05) is 26.0 Å². The van der Waals surface area contributed by atoms with Crippen LogP contribution in [0.25, 0.3) is 0 Å². The van der Waals surface area contributed by atoms with Crippen LogP contribution in [-0.2, 0) is 9.59 Å². The molecule has 1 atom stereocenters. The Kier molecular flexibility index (Phi) is 5.36. The zero-order chi connectivity index (χ0) is 14.4. The summed E-state index contributed by atoms with van der Waals surface area (Å²) in [5.41, 5.74) is 0.465. The van der Waals surface area contributed by atoms with Crippen molar-refractivity contribution >= 4 is 11.9 Å². The minimum atomic E-state index is -1.14.